The average molecular weight is 359 g/mol. The van der Waals surface area contributed by atoms with Gasteiger partial charge in [-0.1, -0.05) is 13.8 Å². The lowest BCUT2D eigenvalue weighted by molar-refractivity contribution is -0.142. The Balaban J connectivity index is 1.73. The first-order chi connectivity index (χ1) is 12.5. The Morgan fingerprint density at radius 1 is 1.31 bits per heavy atom. The van der Waals surface area contributed by atoms with Crippen molar-refractivity contribution in [3.8, 4) is 5.75 Å². The average Bonchev–Trinajstić information content (AvgIpc) is 2.97. The van der Waals surface area contributed by atoms with Gasteiger partial charge in [0.05, 0.1) is 20.8 Å². The molecule has 142 valence electrons. The van der Waals surface area contributed by atoms with Crippen LogP contribution in [0.25, 0.3) is 11.0 Å². The number of esters is 1. The Morgan fingerprint density at radius 2 is 2.12 bits per heavy atom. The maximum absolute atomic E-state index is 11.8. The van der Waals surface area contributed by atoms with Crippen molar-refractivity contribution in [2.75, 3.05) is 27.3 Å². The van der Waals surface area contributed by atoms with Gasteiger partial charge in [-0.15, -0.1) is 0 Å². The monoisotopic (exact) mass is 359 g/mol. The molecule has 1 aliphatic heterocycles. The summed E-state index contributed by atoms with van der Waals surface area (Å²) >= 11 is 0. The summed E-state index contributed by atoms with van der Waals surface area (Å²) in [4.78, 5) is 14.2. The minimum atomic E-state index is -0.121. The van der Waals surface area contributed by atoms with Crippen molar-refractivity contribution in [2.24, 2.45) is 11.8 Å². The Bertz CT molecular complexity index is 765. The highest BCUT2D eigenvalue weighted by molar-refractivity contribution is 5.83. The summed E-state index contributed by atoms with van der Waals surface area (Å²) in [7, 11) is 3.13. The molecule has 1 aliphatic rings. The van der Waals surface area contributed by atoms with Gasteiger partial charge in [-0.25, -0.2) is 0 Å². The fourth-order valence-electron chi connectivity index (χ4n) is 3.99. The topological polar surface area (TPSA) is 51.9 Å². The summed E-state index contributed by atoms with van der Waals surface area (Å²) < 4.78 is 16.3. The lowest BCUT2D eigenvalue weighted by Crippen LogP contribution is -2.35. The number of nitrogens with zero attached hydrogens (tertiary/aromatic N) is 1. The molecule has 2 aromatic rings. The molecule has 2 heterocycles. The molecule has 1 aromatic heterocycles. The van der Waals surface area contributed by atoms with Crippen LogP contribution in [0.1, 0.15) is 38.0 Å². The second-order valence-electron chi connectivity index (χ2n) is 7.63. The van der Waals surface area contributed by atoms with E-state index in [4.69, 9.17) is 13.9 Å². The van der Waals surface area contributed by atoms with E-state index in [1.165, 1.54) is 18.1 Å². The second-order valence-corrected chi connectivity index (χ2v) is 7.63. The number of furan rings is 1. The molecular weight excluding hydrogens is 330 g/mol. The number of benzene rings is 1. The minimum absolute atomic E-state index is 0.121. The Morgan fingerprint density at radius 3 is 2.81 bits per heavy atom. The number of fused-ring (bicyclic) bond motifs is 3. The van der Waals surface area contributed by atoms with Crippen molar-refractivity contribution in [3.63, 3.8) is 0 Å². The van der Waals surface area contributed by atoms with Crippen LogP contribution in [0.2, 0.25) is 0 Å². The highest BCUT2D eigenvalue weighted by atomic mass is 16.5. The molecule has 5 nitrogen and oxygen atoms in total. The van der Waals surface area contributed by atoms with Crippen molar-refractivity contribution in [1.82, 2.24) is 4.90 Å². The zero-order valence-corrected chi connectivity index (χ0v) is 16.2. The van der Waals surface area contributed by atoms with Gasteiger partial charge in [-0.05, 0) is 36.8 Å². The molecule has 0 aliphatic carbocycles. The Labute approximate surface area is 155 Å². The van der Waals surface area contributed by atoms with Crippen LogP contribution in [0.4, 0.5) is 0 Å². The number of ether oxygens (including phenoxy) is 2. The molecule has 0 N–H and O–H groups in total. The standard InChI is InChI=1S/C21H29NO4/c1-14(2)9-15(10-21(23)25-4)12-22-8-7-18-17-6-5-16(24-3)11-19(17)26-20(18)13-22/h5-6,11,14-15H,7-10,12-13H2,1-4H3/t15-/m0/s1. The number of methoxy groups -OCH3 is 2. The highest BCUT2D eigenvalue weighted by Crippen LogP contribution is 2.33. The summed E-state index contributed by atoms with van der Waals surface area (Å²) in [5.74, 6) is 2.61. The first-order valence-electron chi connectivity index (χ1n) is 9.37. The quantitative estimate of drug-likeness (QED) is 0.699. The number of carbonyl (C=O) groups is 1. The van der Waals surface area contributed by atoms with Crippen molar-refractivity contribution in [1.29, 1.82) is 0 Å². The lowest BCUT2D eigenvalue weighted by atomic mass is 9.92. The predicted molar refractivity (Wildman–Crippen MR) is 101 cm³/mol. The molecule has 0 fully saturated rings. The third-order valence-electron chi connectivity index (χ3n) is 5.13. The van der Waals surface area contributed by atoms with Crippen LogP contribution in [-0.4, -0.2) is 38.2 Å². The molecule has 0 radical (unpaired) electrons. The van der Waals surface area contributed by atoms with Crippen LogP contribution in [0.15, 0.2) is 22.6 Å². The number of rotatable bonds is 7. The van der Waals surface area contributed by atoms with Crippen LogP contribution in [0, 0.1) is 11.8 Å². The third-order valence-corrected chi connectivity index (χ3v) is 5.13. The molecular formula is C21H29NO4. The molecule has 1 aromatic carbocycles. The van der Waals surface area contributed by atoms with E-state index in [-0.39, 0.29) is 5.97 Å². The van der Waals surface area contributed by atoms with Crippen molar-refractivity contribution in [3.05, 3.63) is 29.5 Å². The predicted octanol–water partition coefficient (Wildman–Crippen LogP) is 4.02. The van der Waals surface area contributed by atoms with E-state index >= 15 is 0 Å². The normalized spacial score (nSPS) is 15.9. The molecule has 0 unspecified atom stereocenters. The smallest absolute Gasteiger partial charge is 0.305 e. The molecule has 0 bridgehead atoms. The molecule has 0 amide bonds. The molecule has 0 saturated heterocycles. The number of hydrogen-bond donors (Lipinski definition) is 0. The zero-order chi connectivity index (χ0) is 18.7. The summed E-state index contributed by atoms with van der Waals surface area (Å²) in [6.45, 7) is 7.08. The van der Waals surface area contributed by atoms with Gasteiger partial charge in [-0.3, -0.25) is 9.69 Å². The number of hydrogen-bond acceptors (Lipinski definition) is 5. The Hall–Kier alpha value is -2.01. The Kier molecular flexibility index (Phi) is 5.87. The van der Waals surface area contributed by atoms with Gasteiger partial charge in [0.2, 0.25) is 0 Å². The van der Waals surface area contributed by atoms with E-state index in [2.05, 4.69) is 24.8 Å². The van der Waals surface area contributed by atoms with Crippen LogP contribution < -0.4 is 4.74 Å². The largest absolute Gasteiger partial charge is 0.497 e. The summed E-state index contributed by atoms with van der Waals surface area (Å²) in [5.41, 5.74) is 2.21. The van der Waals surface area contributed by atoms with E-state index in [0.29, 0.717) is 18.3 Å². The van der Waals surface area contributed by atoms with Crippen LogP contribution in [-0.2, 0) is 22.5 Å². The van der Waals surface area contributed by atoms with E-state index in [1.807, 2.05) is 12.1 Å². The van der Waals surface area contributed by atoms with Crippen LogP contribution in [0.3, 0.4) is 0 Å². The number of carbonyl (C=O) groups excluding carboxylic acids is 1. The van der Waals surface area contributed by atoms with E-state index in [1.54, 1.807) is 7.11 Å². The maximum atomic E-state index is 11.8. The van der Waals surface area contributed by atoms with Gasteiger partial charge >= 0.3 is 5.97 Å². The molecule has 0 spiro atoms. The third kappa shape index (κ3) is 4.21. The fraction of sp³-hybridized carbons (Fsp3) is 0.571. The molecule has 3 rings (SSSR count). The first kappa shape index (κ1) is 18.8. The van der Waals surface area contributed by atoms with E-state index < -0.39 is 0 Å². The molecule has 0 saturated carbocycles. The van der Waals surface area contributed by atoms with Gasteiger partial charge in [0.15, 0.2) is 0 Å². The highest BCUT2D eigenvalue weighted by Gasteiger charge is 2.26. The SMILES string of the molecule is COC(=O)C[C@H](CC(C)C)CN1CCc2c(oc3cc(OC)ccc23)C1. The van der Waals surface area contributed by atoms with Crippen LogP contribution >= 0.6 is 0 Å². The van der Waals surface area contributed by atoms with Crippen molar-refractivity contribution >= 4 is 16.9 Å². The molecule has 1 atom stereocenters. The van der Waals surface area contributed by atoms with Crippen LogP contribution in [0.5, 0.6) is 5.75 Å². The van der Waals surface area contributed by atoms with Gasteiger partial charge in [0.1, 0.15) is 17.1 Å². The van der Waals surface area contributed by atoms with E-state index in [9.17, 15) is 4.79 Å². The zero-order valence-electron chi connectivity index (χ0n) is 16.2. The fourth-order valence-corrected chi connectivity index (χ4v) is 3.99. The molecule has 26 heavy (non-hydrogen) atoms. The first-order valence-corrected chi connectivity index (χ1v) is 9.37. The van der Waals surface area contributed by atoms with Crippen molar-refractivity contribution < 1.29 is 18.7 Å². The lowest BCUT2D eigenvalue weighted by Gasteiger charge is -2.30. The summed E-state index contributed by atoms with van der Waals surface area (Å²) in [6, 6.07) is 6.03. The summed E-state index contributed by atoms with van der Waals surface area (Å²) in [5, 5.41) is 1.19. The molecule has 5 heteroatoms. The van der Waals surface area contributed by atoms with Gasteiger partial charge in [0.25, 0.3) is 0 Å². The van der Waals surface area contributed by atoms with E-state index in [0.717, 1.165) is 49.6 Å². The summed E-state index contributed by atoms with van der Waals surface area (Å²) in [6.07, 6.45) is 2.48. The van der Waals surface area contributed by atoms with Gasteiger partial charge in [0, 0.05) is 36.5 Å². The van der Waals surface area contributed by atoms with Crippen molar-refractivity contribution in [2.45, 2.75) is 39.7 Å². The van der Waals surface area contributed by atoms with Gasteiger partial charge < -0.3 is 13.9 Å². The maximum Gasteiger partial charge on any atom is 0.305 e. The minimum Gasteiger partial charge on any atom is -0.497 e. The van der Waals surface area contributed by atoms with Gasteiger partial charge in [-0.2, -0.15) is 0 Å². The second kappa shape index (κ2) is 8.12.